The average Bonchev–Trinajstić information content (AvgIpc) is 2.70. The second kappa shape index (κ2) is 5.62. The SMILES string of the molecule is CC(C)NC(=O)Cn1c(I)nc2c(=O)n(C)c(=O)n(C)c21. The molecule has 0 atom stereocenters. The predicted molar refractivity (Wildman–Crippen MR) is 86.2 cm³/mol. The van der Waals surface area contributed by atoms with Crippen LogP contribution in [-0.2, 0) is 25.4 Å². The van der Waals surface area contributed by atoms with E-state index in [2.05, 4.69) is 10.3 Å². The Bertz CT molecular complexity index is 830. The first-order valence-electron chi connectivity index (χ1n) is 6.35. The second-order valence-electron chi connectivity index (χ2n) is 5.07. The second-order valence-corrected chi connectivity index (χ2v) is 6.03. The van der Waals surface area contributed by atoms with Gasteiger partial charge in [0, 0.05) is 42.7 Å². The molecule has 114 valence electrons. The van der Waals surface area contributed by atoms with Crippen LogP contribution < -0.4 is 16.6 Å². The third-order valence-electron chi connectivity index (χ3n) is 3.04. The van der Waals surface area contributed by atoms with E-state index >= 15 is 0 Å². The van der Waals surface area contributed by atoms with Gasteiger partial charge in [0.15, 0.2) is 15.0 Å². The minimum absolute atomic E-state index is 0.00734. The Morgan fingerprint density at radius 1 is 1.29 bits per heavy atom. The average molecular weight is 405 g/mol. The number of imidazole rings is 1. The van der Waals surface area contributed by atoms with Crippen molar-refractivity contribution in [3.8, 4) is 0 Å². The number of carbonyl (C=O) groups excluding carboxylic acids is 1. The third kappa shape index (κ3) is 2.74. The molecule has 0 bridgehead atoms. The van der Waals surface area contributed by atoms with E-state index in [4.69, 9.17) is 0 Å². The molecule has 0 saturated heterocycles. The van der Waals surface area contributed by atoms with Crippen LogP contribution in [-0.4, -0.2) is 30.6 Å². The number of carbonyl (C=O) groups is 1. The number of fused-ring (bicyclic) bond motifs is 1. The van der Waals surface area contributed by atoms with Gasteiger partial charge in [-0.2, -0.15) is 0 Å². The zero-order valence-corrected chi connectivity index (χ0v) is 14.3. The van der Waals surface area contributed by atoms with Gasteiger partial charge in [-0.15, -0.1) is 0 Å². The summed E-state index contributed by atoms with van der Waals surface area (Å²) in [5.41, 5.74) is -0.379. The lowest BCUT2D eigenvalue weighted by Gasteiger charge is -2.11. The van der Waals surface area contributed by atoms with Crippen LogP contribution in [0.2, 0.25) is 0 Å². The number of aryl methyl sites for hydroxylation is 1. The monoisotopic (exact) mass is 405 g/mol. The van der Waals surface area contributed by atoms with Crippen LogP contribution in [0.1, 0.15) is 13.8 Å². The van der Waals surface area contributed by atoms with Crippen molar-refractivity contribution in [2.24, 2.45) is 14.1 Å². The first-order chi connectivity index (χ1) is 9.73. The van der Waals surface area contributed by atoms with Crippen LogP contribution in [0.15, 0.2) is 9.59 Å². The van der Waals surface area contributed by atoms with Crippen molar-refractivity contribution in [1.29, 1.82) is 0 Å². The number of rotatable bonds is 3. The van der Waals surface area contributed by atoms with E-state index in [9.17, 15) is 14.4 Å². The Hall–Kier alpha value is -1.65. The van der Waals surface area contributed by atoms with Gasteiger partial charge in [-0.25, -0.2) is 9.78 Å². The van der Waals surface area contributed by atoms with Crippen molar-refractivity contribution in [3.63, 3.8) is 0 Å². The molecule has 2 aromatic heterocycles. The molecule has 8 nitrogen and oxygen atoms in total. The summed E-state index contributed by atoms with van der Waals surface area (Å²) in [4.78, 5) is 40.2. The molecule has 0 aliphatic heterocycles. The van der Waals surface area contributed by atoms with Gasteiger partial charge in [-0.05, 0) is 13.8 Å². The standard InChI is InChI=1S/C12H16IN5O3/c1-6(2)14-7(19)5-18-9-8(15-11(18)13)10(20)17(4)12(21)16(9)3/h6H,5H2,1-4H3,(H,14,19). The fourth-order valence-electron chi connectivity index (χ4n) is 2.11. The van der Waals surface area contributed by atoms with Crippen LogP contribution in [0.5, 0.6) is 0 Å². The van der Waals surface area contributed by atoms with Gasteiger partial charge in [-0.3, -0.25) is 23.3 Å². The Labute approximate surface area is 133 Å². The van der Waals surface area contributed by atoms with Crippen molar-refractivity contribution < 1.29 is 4.79 Å². The quantitative estimate of drug-likeness (QED) is 0.554. The Morgan fingerprint density at radius 2 is 1.90 bits per heavy atom. The van der Waals surface area contributed by atoms with Gasteiger partial charge in [-0.1, -0.05) is 0 Å². The van der Waals surface area contributed by atoms with Gasteiger partial charge >= 0.3 is 5.69 Å². The van der Waals surface area contributed by atoms with Gasteiger partial charge < -0.3 is 5.32 Å². The number of nitrogens with zero attached hydrogens (tertiary/aromatic N) is 4. The van der Waals surface area contributed by atoms with Crippen molar-refractivity contribution in [1.82, 2.24) is 24.0 Å². The summed E-state index contributed by atoms with van der Waals surface area (Å²) < 4.78 is 4.38. The van der Waals surface area contributed by atoms with Crippen molar-refractivity contribution >= 4 is 39.7 Å². The van der Waals surface area contributed by atoms with Crippen molar-refractivity contribution in [2.45, 2.75) is 26.4 Å². The highest BCUT2D eigenvalue weighted by Gasteiger charge is 2.19. The molecular weight excluding hydrogens is 389 g/mol. The van der Waals surface area contributed by atoms with Gasteiger partial charge in [0.05, 0.1) is 0 Å². The molecule has 0 aromatic carbocycles. The Kier molecular flexibility index (Phi) is 4.21. The Balaban J connectivity index is 2.66. The maximum atomic E-state index is 12.1. The summed E-state index contributed by atoms with van der Waals surface area (Å²) in [5.74, 6) is -0.199. The highest BCUT2D eigenvalue weighted by atomic mass is 127. The number of hydrogen-bond acceptors (Lipinski definition) is 4. The molecule has 0 fully saturated rings. The first-order valence-corrected chi connectivity index (χ1v) is 7.43. The minimum Gasteiger partial charge on any atom is -0.352 e. The molecular formula is C12H16IN5O3. The number of amides is 1. The summed E-state index contributed by atoms with van der Waals surface area (Å²) in [7, 11) is 2.96. The van der Waals surface area contributed by atoms with Crippen molar-refractivity contribution in [3.05, 3.63) is 24.7 Å². The summed E-state index contributed by atoms with van der Waals surface area (Å²) in [6.45, 7) is 3.73. The van der Waals surface area contributed by atoms with E-state index in [0.29, 0.717) is 9.48 Å². The predicted octanol–water partition coefficient (Wildman–Crippen LogP) is -0.437. The lowest BCUT2D eigenvalue weighted by atomic mass is 10.4. The molecule has 1 N–H and O–H groups in total. The molecule has 0 spiro atoms. The molecule has 2 rings (SSSR count). The van der Waals surface area contributed by atoms with E-state index < -0.39 is 11.2 Å². The minimum atomic E-state index is -0.464. The van der Waals surface area contributed by atoms with Crippen molar-refractivity contribution in [2.75, 3.05) is 0 Å². The third-order valence-corrected chi connectivity index (χ3v) is 3.87. The van der Waals surface area contributed by atoms with Gasteiger partial charge in [0.1, 0.15) is 6.54 Å². The highest BCUT2D eigenvalue weighted by molar-refractivity contribution is 14.1. The van der Waals surface area contributed by atoms with E-state index in [-0.39, 0.29) is 24.0 Å². The number of aromatic nitrogens is 4. The first kappa shape index (κ1) is 15.7. The molecule has 9 heteroatoms. The van der Waals surface area contributed by atoms with Crippen LogP contribution in [0.4, 0.5) is 0 Å². The summed E-state index contributed by atoms with van der Waals surface area (Å²) in [5, 5.41) is 2.77. The molecule has 21 heavy (non-hydrogen) atoms. The lowest BCUT2D eigenvalue weighted by Crippen LogP contribution is -2.38. The molecule has 0 unspecified atom stereocenters. The number of nitrogens with one attached hydrogen (secondary N) is 1. The number of hydrogen-bond donors (Lipinski definition) is 1. The van der Waals surface area contributed by atoms with E-state index in [1.807, 2.05) is 36.4 Å². The van der Waals surface area contributed by atoms with Crippen LogP contribution in [0, 0.1) is 3.83 Å². The van der Waals surface area contributed by atoms with Crippen LogP contribution in [0.25, 0.3) is 11.2 Å². The molecule has 1 amide bonds. The molecule has 2 aromatic rings. The number of halogens is 1. The van der Waals surface area contributed by atoms with E-state index in [0.717, 1.165) is 4.57 Å². The topological polar surface area (TPSA) is 90.9 Å². The normalized spacial score (nSPS) is 11.3. The largest absolute Gasteiger partial charge is 0.352 e. The zero-order chi connectivity index (χ0) is 15.9. The molecule has 2 heterocycles. The molecule has 0 aliphatic carbocycles. The van der Waals surface area contributed by atoms with Gasteiger partial charge in [0.2, 0.25) is 5.91 Å². The lowest BCUT2D eigenvalue weighted by molar-refractivity contribution is -0.122. The fraction of sp³-hybridized carbons (Fsp3) is 0.500. The molecule has 0 radical (unpaired) electrons. The summed E-state index contributed by atoms with van der Waals surface area (Å²) >= 11 is 1.95. The fourth-order valence-corrected chi connectivity index (χ4v) is 2.75. The molecule has 0 saturated carbocycles. The zero-order valence-electron chi connectivity index (χ0n) is 12.2. The summed E-state index contributed by atoms with van der Waals surface area (Å²) in [6, 6.07) is 0.0154. The maximum Gasteiger partial charge on any atom is 0.332 e. The van der Waals surface area contributed by atoms with Crippen LogP contribution >= 0.6 is 22.6 Å². The smallest absolute Gasteiger partial charge is 0.332 e. The highest BCUT2D eigenvalue weighted by Crippen LogP contribution is 2.13. The summed E-state index contributed by atoms with van der Waals surface area (Å²) in [6.07, 6.45) is 0. The van der Waals surface area contributed by atoms with E-state index in [1.54, 1.807) is 11.6 Å². The van der Waals surface area contributed by atoms with Crippen LogP contribution in [0.3, 0.4) is 0 Å². The molecule has 0 aliphatic rings. The Morgan fingerprint density at radius 3 is 2.48 bits per heavy atom. The van der Waals surface area contributed by atoms with Gasteiger partial charge in [0.25, 0.3) is 5.56 Å². The maximum absolute atomic E-state index is 12.1. The van der Waals surface area contributed by atoms with E-state index in [1.165, 1.54) is 11.6 Å².